The molecule has 28 heavy (non-hydrogen) atoms. The van der Waals surface area contributed by atoms with Crippen LogP contribution in [0.5, 0.6) is 5.75 Å². The molecule has 1 aromatic carbocycles. The number of carbonyl (C=O) groups excluding carboxylic acids is 2. The SMILES string of the molecule is Cc1nn(C)c(C)c1NC(=O)COC(=O)c1cc2c(s1)-c1ccccc1OC2. The summed E-state index contributed by atoms with van der Waals surface area (Å²) in [5.74, 6) is -0.118. The van der Waals surface area contributed by atoms with Crippen molar-refractivity contribution in [3.8, 4) is 16.2 Å². The van der Waals surface area contributed by atoms with Gasteiger partial charge in [0.05, 0.1) is 17.1 Å². The van der Waals surface area contributed by atoms with Gasteiger partial charge >= 0.3 is 5.97 Å². The number of nitrogens with zero attached hydrogens (tertiary/aromatic N) is 2. The number of fused-ring (bicyclic) bond motifs is 3. The zero-order valence-corrected chi connectivity index (χ0v) is 16.6. The lowest BCUT2D eigenvalue weighted by Gasteiger charge is -2.16. The molecule has 1 amide bonds. The smallest absolute Gasteiger partial charge is 0.348 e. The minimum Gasteiger partial charge on any atom is -0.488 e. The fourth-order valence-electron chi connectivity index (χ4n) is 3.13. The number of ether oxygens (including phenoxy) is 2. The van der Waals surface area contributed by atoms with Gasteiger partial charge in [0.15, 0.2) is 6.61 Å². The average molecular weight is 397 g/mol. The van der Waals surface area contributed by atoms with E-state index in [1.54, 1.807) is 17.8 Å². The van der Waals surface area contributed by atoms with E-state index in [1.807, 2.05) is 38.1 Å². The van der Waals surface area contributed by atoms with Crippen LogP contribution in [0.1, 0.15) is 26.6 Å². The topological polar surface area (TPSA) is 82.5 Å². The number of amides is 1. The summed E-state index contributed by atoms with van der Waals surface area (Å²) in [6.07, 6.45) is 0. The van der Waals surface area contributed by atoms with Crippen molar-refractivity contribution in [1.82, 2.24) is 9.78 Å². The molecule has 0 saturated heterocycles. The summed E-state index contributed by atoms with van der Waals surface area (Å²) >= 11 is 1.35. The van der Waals surface area contributed by atoms with Crippen LogP contribution in [-0.4, -0.2) is 28.3 Å². The number of thiophene rings is 1. The predicted octanol–water partition coefficient (Wildman–Crippen LogP) is 3.45. The van der Waals surface area contributed by atoms with E-state index in [9.17, 15) is 9.59 Å². The minimum atomic E-state index is -0.522. The van der Waals surface area contributed by atoms with Gasteiger partial charge in [0, 0.05) is 23.1 Å². The van der Waals surface area contributed by atoms with Gasteiger partial charge in [-0.3, -0.25) is 9.48 Å². The normalized spacial score (nSPS) is 12.0. The first-order chi connectivity index (χ1) is 13.4. The van der Waals surface area contributed by atoms with E-state index in [0.29, 0.717) is 22.9 Å². The monoisotopic (exact) mass is 397 g/mol. The van der Waals surface area contributed by atoms with E-state index in [0.717, 1.165) is 27.4 Å². The highest BCUT2D eigenvalue weighted by Crippen LogP contribution is 2.42. The molecule has 7 nitrogen and oxygen atoms in total. The summed E-state index contributed by atoms with van der Waals surface area (Å²) in [6.45, 7) is 3.72. The zero-order valence-electron chi connectivity index (χ0n) is 15.7. The third kappa shape index (κ3) is 3.27. The Morgan fingerprint density at radius 3 is 2.86 bits per heavy atom. The second kappa shape index (κ2) is 7.12. The first-order valence-corrected chi connectivity index (χ1v) is 9.57. The van der Waals surface area contributed by atoms with E-state index in [1.165, 1.54) is 11.3 Å². The number of carbonyl (C=O) groups is 2. The molecule has 0 spiro atoms. The first-order valence-electron chi connectivity index (χ1n) is 8.76. The highest BCUT2D eigenvalue weighted by molar-refractivity contribution is 7.17. The Hall–Kier alpha value is -3.13. The summed E-state index contributed by atoms with van der Waals surface area (Å²) < 4.78 is 12.6. The summed E-state index contributed by atoms with van der Waals surface area (Å²) in [7, 11) is 1.80. The Morgan fingerprint density at radius 2 is 2.11 bits per heavy atom. The van der Waals surface area contributed by atoms with Crippen molar-refractivity contribution < 1.29 is 19.1 Å². The van der Waals surface area contributed by atoms with E-state index in [4.69, 9.17) is 9.47 Å². The second-order valence-corrected chi connectivity index (χ2v) is 7.60. The van der Waals surface area contributed by atoms with Crippen molar-refractivity contribution >= 4 is 28.9 Å². The number of rotatable bonds is 4. The fraction of sp³-hybridized carbons (Fsp3) is 0.250. The molecule has 1 aliphatic rings. The van der Waals surface area contributed by atoms with E-state index in [-0.39, 0.29) is 6.61 Å². The van der Waals surface area contributed by atoms with Crippen molar-refractivity contribution in [2.24, 2.45) is 7.05 Å². The van der Waals surface area contributed by atoms with Gasteiger partial charge in [-0.15, -0.1) is 11.3 Å². The summed E-state index contributed by atoms with van der Waals surface area (Å²) in [4.78, 5) is 26.0. The first kappa shape index (κ1) is 18.2. The molecule has 0 fully saturated rings. The number of benzene rings is 1. The van der Waals surface area contributed by atoms with Crippen molar-refractivity contribution in [2.75, 3.05) is 11.9 Å². The minimum absolute atomic E-state index is 0.359. The van der Waals surface area contributed by atoms with Gasteiger partial charge in [0.2, 0.25) is 0 Å². The maximum atomic E-state index is 12.4. The molecule has 8 heteroatoms. The number of nitrogens with one attached hydrogen (secondary N) is 1. The van der Waals surface area contributed by atoms with Gasteiger partial charge in [-0.25, -0.2) is 4.79 Å². The Balaban J connectivity index is 1.43. The standard InChI is InChI=1S/C20H19N3O4S/c1-11-18(12(2)23(3)22-11)21-17(24)10-27-20(25)16-8-13-9-26-15-7-5-4-6-14(15)19(13)28-16/h4-8H,9-10H2,1-3H3,(H,21,24). The van der Waals surface area contributed by atoms with Crippen LogP contribution < -0.4 is 10.1 Å². The molecule has 1 N–H and O–H groups in total. The maximum absolute atomic E-state index is 12.4. The summed E-state index contributed by atoms with van der Waals surface area (Å²) in [6, 6.07) is 9.48. The lowest BCUT2D eigenvalue weighted by atomic mass is 10.1. The van der Waals surface area contributed by atoms with Crippen LogP contribution in [0.25, 0.3) is 10.4 Å². The molecule has 144 valence electrons. The molecule has 1 aliphatic heterocycles. The van der Waals surface area contributed by atoms with Crippen LogP contribution in [0.4, 0.5) is 5.69 Å². The van der Waals surface area contributed by atoms with Crippen LogP contribution >= 0.6 is 11.3 Å². The molecule has 0 radical (unpaired) electrons. The van der Waals surface area contributed by atoms with Gasteiger partial charge in [-0.05, 0) is 32.0 Å². The Labute approximate surface area is 165 Å². The zero-order chi connectivity index (χ0) is 19.8. The molecule has 3 aromatic rings. The van der Waals surface area contributed by atoms with Gasteiger partial charge in [0.25, 0.3) is 5.91 Å². The van der Waals surface area contributed by atoms with Crippen LogP contribution in [0.2, 0.25) is 0 Å². The lowest BCUT2D eigenvalue weighted by Crippen LogP contribution is -2.21. The van der Waals surface area contributed by atoms with E-state index >= 15 is 0 Å². The van der Waals surface area contributed by atoms with Crippen LogP contribution in [0.15, 0.2) is 30.3 Å². The summed E-state index contributed by atoms with van der Waals surface area (Å²) in [5.41, 5.74) is 4.10. The number of aryl methyl sites for hydroxylation is 2. The van der Waals surface area contributed by atoms with Gasteiger partial charge in [-0.2, -0.15) is 5.10 Å². The number of hydrogen-bond donors (Lipinski definition) is 1. The van der Waals surface area contributed by atoms with Gasteiger partial charge in [-0.1, -0.05) is 12.1 Å². The fourth-order valence-corrected chi connectivity index (χ4v) is 4.22. The number of esters is 1. The molecule has 0 atom stereocenters. The third-order valence-corrected chi connectivity index (χ3v) is 5.82. The number of hydrogen-bond acceptors (Lipinski definition) is 6. The van der Waals surface area contributed by atoms with Crippen molar-refractivity contribution in [2.45, 2.75) is 20.5 Å². The molecule has 2 aromatic heterocycles. The summed E-state index contributed by atoms with van der Waals surface area (Å²) in [5, 5.41) is 7.00. The van der Waals surface area contributed by atoms with E-state index < -0.39 is 11.9 Å². The molecule has 0 aliphatic carbocycles. The van der Waals surface area contributed by atoms with E-state index in [2.05, 4.69) is 10.4 Å². The van der Waals surface area contributed by atoms with Crippen molar-refractivity contribution in [3.05, 3.63) is 52.2 Å². The quantitative estimate of drug-likeness (QED) is 0.682. The largest absolute Gasteiger partial charge is 0.488 e. The van der Waals surface area contributed by atoms with Gasteiger partial charge in [0.1, 0.15) is 17.2 Å². The maximum Gasteiger partial charge on any atom is 0.348 e. The van der Waals surface area contributed by atoms with Crippen LogP contribution in [-0.2, 0) is 23.2 Å². The van der Waals surface area contributed by atoms with Gasteiger partial charge < -0.3 is 14.8 Å². The Morgan fingerprint density at radius 1 is 1.32 bits per heavy atom. The van der Waals surface area contributed by atoms with Crippen molar-refractivity contribution in [3.63, 3.8) is 0 Å². The molecular weight excluding hydrogens is 378 g/mol. The number of anilines is 1. The van der Waals surface area contributed by atoms with Crippen LogP contribution in [0.3, 0.4) is 0 Å². The molecule has 0 bridgehead atoms. The highest BCUT2D eigenvalue weighted by atomic mass is 32.1. The molecule has 4 rings (SSSR count). The predicted molar refractivity (Wildman–Crippen MR) is 106 cm³/mol. The average Bonchev–Trinajstić information content (AvgIpc) is 3.23. The Bertz CT molecular complexity index is 1080. The second-order valence-electron chi connectivity index (χ2n) is 6.54. The molecule has 3 heterocycles. The third-order valence-electron chi connectivity index (χ3n) is 4.63. The number of aromatic nitrogens is 2. The lowest BCUT2D eigenvalue weighted by molar-refractivity contribution is -0.119. The highest BCUT2D eigenvalue weighted by Gasteiger charge is 2.23. The Kier molecular flexibility index (Phi) is 4.64. The molecule has 0 unspecified atom stereocenters. The van der Waals surface area contributed by atoms with Crippen LogP contribution in [0, 0.1) is 13.8 Å². The number of para-hydroxylation sites is 1. The molecule has 0 saturated carbocycles. The van der Waals surface area contributed by atoms with Crippen molar-refractivity contribution in [1.29, 1.82) is 0 Å². The molecular formula is C20H19N3O4S.